The molecule has 0 aromatic heterocycles. The highest BCUT2D eigenvalue weighted by molar-refractivity contribution is 9.10. The minimum absolute atomic E-state index is 0.134. The Balaban J connectivity index is 2.28. The summed E-state index contributed by atoms with van der Waals surface area (Å²) < 4.78 is 2.20. The van der Waals surface area contributed by atoms with Crippen LogP contribution in [0.5, 0.6) is 0 Å². The maximum absolute atomic E-state index is 11.7. The van der Waals surface area contributed by atoms with Crippen molar-refractivity contribution in [2.45, 2.75) is 6.92 Å². The van der Waals surface area contributed by atoms with Gasteiger partial charge in [0, 0.05) is 21.6 Å². The topological polar surface area (TPSA) is 17.1 Å². The molecule has 1 fully saturated rings. The zero-order chi connectivity index (χ0) is 13.0. The highest BCUT2D eigenvalue weighted by atomic mass is 79.9. The molecule has 1 saturated heterocycles. The number of halogens is 1. The van der Waals surface area contributed by atoms with Gasteiger partial charge in [-0.3, -0.25) is 4.79 Å². The number of benzene rings is 1. The first-order chi connectivity index (χ1) is 8.68. The normalized spacial score (nSPS) is 15.3. The van der Waals surface area contributed by atoms with E-state index in [-0.39, 0.29) is 5.78 Å². The lowest BCUT2D eigenvalue weighted by Gasteiger charge is -2.02. The van der Waals surface area contributed by atoms with Crippen LogP contribution < -0.4 is 0 Å². The number of thioether (sulfide) groups is 2. The van der Waals surface area contributed by atoms with E-state index in [9.17, 15) is 4.79 Å². The van der Waals surface area contributed by atoms with Crippen molar-refractivity contribution in [2.75, 3.05) is 11.5 Å². The Morgan fingerprint density at radius 3 is 2.56 bits per heavy atom. The van der Waals surface area contributed by atoms with Crippen molar-refractivity contribution in [3.63, 3.8) is 0 Å². The summed E-state index contributed by atoms with van der Waals surface area (Å²) in [5, 5.41) is 0. The number of hydrogen-bond acceptors (Lipinski definition) is 3. The van der Waals surface area contributed by atoms with Gasteiger partial charge < -0.3 is 0 Å². The van der Waals surface area contributed by atoms with Crippen molar-refractivity contribution in [1.29, 1.82) is 0 Å². The number of rotatable bonds is 3. The largest absolute Gasteiger partial charge is 0.294 e. The molecule has 94 valence electrons. The maximum atomic E-state index is 11.7. The molecular formula is C14H13BrOS2. The Morgan fingerprint density at radius 2 is 1.94 bits per heavy atom. The molecule has 1 aliphatic rings. The number of carbonyl (C=O) groups is 1. The molecule has 1 nitrogen and oxygen atoms in total. The minimum Gasteiger partial charge on any atom is -0.294 e. The predicted octanol–water partition coefficient (Wildman–Crippen LogP) is 4.74. The molecule has 4 heteroatoms. The molecular weight excluding hydrogens is 328 g/mol. The number of carbonyl (C=O) groups excluding carboxylic acids is 1. The third kappa shape index (κ3) is 3.53. The Morgan fingerprint density at radius 1 is 1.28 bits per heavy atom. The lowest BCUT2D eigenvalue weighted by molar-refractivity contribution is -0.113. The van der Waals surface area contributed by atoms with Crippen molar-refractivity contribution >= 4 is 51.3 Å². The second-order valence-electron chi connectivity index (χ2n) is 3.81. The fourth-order valence-corrected chi connectivity index (χ4v) is 4.60. The van der Waals surface area contributed by atoms with Crippen LogP contribution in [0.1, 0.15) is 12.5 Å². The molecule has 1 aromatic rings. The summed E-state index contributed by atoms with van der Waals surface area (Å²) in [5.41, 5.74) is 1.92. The van der Waals surface area contributed by atoms with Crippen LogP contribution in [0.2, 0.25) is 0 Å². The van der Waals surface area contributed by atoms with E-state index < -0.39 is 0 Å². The molecule has 0 atom stereocenters. The minimum atomic E-state index is 0.134. The molecule has 18 heavy (non-hydrogen) atoms. The van der Waals surface area contributed by atoms with Gasteiger partial charge in [-0.25, -0.2) is 0 Å². The van der Waals surface area contributed by atoms with Crippen LogP contribution in [0.3, 0.4) is 0 Å². The van der Waals surface area contributed by atoms with E-state index in [1.807, 2.05) is 36.4 Å². The van der Waals surface area contributed by atoms with Crippen LogP contribution in [-0.4, -0.2) is 17.3 Å². The standard InChI is InChI=1S/C14H13BrOS2/c1-10(16)12(14-17-8-9-18-14)7-6-11-4-2-3-5-13(11)15/h2-7H,8-9H2,1H3/b7-6+. The summed E-state index contributed by atoms with van der Waals surface area (Å²) in [6, 6.07) is 8.00. The molecule has 0 amide bonds. The third-order valence-corrected chi connectivity index (χ3v) is 5.95. The molecule has 1 aliphatic heterocycles. The van der Waals surface area contributed by atoms with E-state index in [0.29, 0.717) is 0 Å². The SMILES string of the molecule is CC(=O)C(/C=C/c1ccccc1Br)=C1SCCS1. The molecule has 0 spiro atoms. The van der Waals surface area contributed by atoms with E-state index in [2.05, 4.69) is 15.9 Å². The van der Waals surface area contributed by atoms with Crippen molar-refractivity contribution in [2.24, 2.45) is 0 Å². The van der Waals surface area contributed by atoms with Crippen molar-refractivity contribution in [1.82, 2.24) is 0 Å². The summed E-state index contributed by atoms with van der Waals surface area (Å²) >= 11 is 7.06. The number of allylic oxidation sites excluding steroid dienone is 2. The van der Waals surface area contributed by atoms with Gasteiger partial charge in [-0.2, -0.15) is 0 Å². The first kappa shape index (κ1) is 14.0. The van der Waals surface area contributed by atoms with Gasteiger partial charge in [0.05, 0.1) is 4.24 Å². The summed E-state index contributed by atoms with van der Waals surface area (Å²) in [5.74, 6) is 2.33. The Hall–Kier alpha value is -0.450. The van der Waals surface area contributed by atoms with Gasteiger partial charge in [-0.05, 0) is 24.6 Å². The Bertz CT molecular complexity index is 512. The van der Waals surface area contributed by atoms with E-state index in [1.54, 1.807) is 30.4 Å². The molecule has 1 aromatic carbocycles. The van der Waals surface area contributed by atoms with Crippen molar-refractivity contribution < 1.29 is 4.79 Å². The van der Waals surface area contributed by atoms with E-state index in [0.717, 1.165) is 31.4 Å². The molecule has 1 heterocycles. The summed E-state index contributed by atoms with van der Waals surface area (Å²) in [6.07, 6.45) is 3.93. The van der Waals surface area contributed by atoms with Crippen molar-refractivity contribution in [3.8, 4) is 0 Å². The van der Waals surface area contributed by atoms with Gasteiger partial charge in [0.15, 0.2) is 5.78 Å². The Labute approximate surface area is 124 Å². The molecule has 0 aliphatic carbocycles. The lowest BCUT2D eigenvalue weighted by atomic mass is 10.1. The zero-order valence-electron chi connectivity index (χ0n) is 9.98. The molecule has 0 N–H and O–H groups in total. The Kier molecular flexibility index (Phi) is 5.15. The van der Waals surface area contributed by atoms with Crippen molar-refractivity contribution in [3.05, 3.63) is 50.2 Å². The van der Waals surface area contributed by atoms with Gasteiger partial charge in [0.25, 0.3) is 0 Å². The second-order valence-corrected chi connectivity index (χ2v) is 7.13. The van der Waals surface area contributed by atoms with Gasteiger partial charge >= 0.3 is 0 Å². The van der Waals surface area contributed by atoms with Crippen LogP contribution in [0, 0.1) is 0 Å². The average molecular weight is 341 g/mol. The fraction of sp³-hybridized carbons (Fsp3) is 0.214. The van der Waals surface area contributed by atoms with E-state index in [4.69, 9.17) is 0 Å². The third-order valence-electron chi connectivity index (χ3n) is 2.48. The quantitative estimate of drug-likeness (QED) is 0.739. The first-order valence-corrected chi connectivity index (χ1v) is 8.38. The number of hydrogen-bond donors (Lipinski definition) is 0. The summed E-state index contributed by atoms with van der Waals surface area (Å²) in [6.45, 7) is 1.63. The van der Waals surface area contributed by atoms with Gasteiger partial charge in [-0.15, -0.1) is 23.5 Å². The monoisotopic (exact) mass is 340 g/mol. The van der Waals surface area contributed by atoms with Crippen LogP contribution in [0.4, 0.5) is 0 Å². The smallest absolute Gasteiger partial charge is 0.161 e. The number of Topliss-reactive ketones (excluding diaryl/α,β-unsaturated/α-hetero) is 1. The fourth-order valence-electron chi connectivity index (χ4n) is 1.58. The summed E-state index contributed by atoms with van der Waals surface area (Å²) in [7, 11) is 0. The molecule has 0 saturated carbocycles. The van der Waals surface area contributed by atoms with Crippen LogP contribution in [0.15, 0.2) is 44.6 Å². The van der Waals surface area contributed by atoms with E-state index >= 15 is 0 Å². The van der Waals surface area contributed by atoms with Gasteiger partial charge in [0.2, 0.25) is 0 Å². The van der Waals surface area contributed by atoms with Crippen LogP contribution >= 0.6 is 39.5 Å². The predicted molar refractivity (Wildman–Crippen MR) is 85.8 cm³/mol. The van der Waals surface area contributed by atoms with Gasteiger partial charge in [-0.1, -0.05) is 40.2 Å². The lowest BCUT2D eigenvalue weighted by Crippen LogP contribution is -1.94. The van der Waals surface area contributed by atoms with Gasteiger partial charge in [0.1, 0.15) is 0 Å². The first-order valence-electron chi connectivity index (χ1n) is 5.62. The highest BCUT2D eigenvalue weighted by Crippen LogP contribution is 2.39. The molecule has 0 radical (unpaired) electrons. The van der Waals surface area contributed by atoms with Crippen LogP contribution in [-0.2, 0) is 4.79 Å². The maximum Gasteiger partial charge on any atom is 0.161 e. The van der Waals surface area contributed by atoms with E-state index in [1.165, 1.54) is 0 Å². The molecule has 2 rings (SSSR count). The average Bonchev–Trinajstić information content (AvgIpc) is 2.85. The molecule has 0 unspecified atom stereocenters. The summed E-state index contributed by atoms with van der Waals surface area (Å²) in [4.78, 5) is 11.7. The van der Waals surface area contributed by atoms with Crippen LogP contribution in [0.25, 0.3) is 6.08 Å². The zero-order valence-corrected chi connectivity index (χ0v) is 13.2. The second kappa shape index (κ2) is 6.64. The highest BCUT2D eigenvalue weighted by Gasteiger charge is 2.15. The molecule has 0 bridgehead atoms. The number of ketones is 1.